The van der Waals surface area contributed by atoms with E-state index >= 15 is 0 Å². The van der Waals surface area contributed by atoms with E-state index in [1.54, 1.807) is 24.3 Å². The lowest BCUT2D eigenvalue weighted by Crippen LogP contribution is -2.51. The monoisotopic (exact) mass is 380 g/mol. The largest absolute Gasteiger partial charge is 0.462 e. The number of carbonyl (C=O) groups is 1. The summed E-state index contributed by atoms with van der Waals surface area (Å²) in [5, 5.41) is 11.4. The van der Waals surface area contributed by atoms with Crippen LogP contribution >= 0.6 is 0 Å². The lowest BCUT2D eigenvalue weighted by atomic mass is 9.86. The second-order valence-electron chi connectivity index (χ2n) is 7.71. The average Bonchev–Trinajstić information content (AvgIpc) is 3.22. The number of esters is 1. The number of nitrogens with zero attached hydrogens (tertiary/aromatic N) is 2. The zero-order chi connectivity index (χ0) is 19.4. The van der Waals surface area contributed by atoms with Crippen LogP contribution in [0.5, 0.6) is 0 Å². The van der Waals surface area contributed by atoms with E-state index < -0.39 is 11.6 Å². The van der Waals surface area contributed by atoms with Gasteiger partial charge in [0, 0.05) is 32.2 Å². The molecule has 0 aliphatic carbocycles. The minimum atomic E-state index is -1.80. The van der Waals surface area contributed by atoms with Crippen LogP contribution in [-0.2, 0) is 15.1 Å². The van der Waals surface area contributed by atoms with Gasteiger partial charge in [-0.15, -0.1) is 0 Å². The van der Waals surface area contributed by atoms with Gasteiger partial charge in [0.2, 0.25) is 5.60 Å². The van der Waals surface area contributed by atoms with Gasteiger partial charge in [-0.1, -0.05) is 60.7 Å². The summed E-state index contributed by atoms with van der Waals surface area (Å²) in [7, 11) is 0. The summed E-state index contributed by atoms with van der Waals surface area (Å²) in [6.45, 7) is 5.35. The highest BCUT2D eigenvalue weighted by molar-refractivity contribution is 5.85. The van der Waals surface area contributed by atoms with E-state index in [2.05, 4.69) is 9.80 Å². The molecule has 0 amide bonds. The predicted octanol–water partition coefficient (Wildman–Crippen LogP) is 2.25. The van der Waals surface area contributed by atoms with Crippen molar-refractivity contribution >= 4 is 5.97 Å². The Hall–Kier alpha value is -2.21. The number of hydrogen-bond acceptors (Lipinski definition) is 5. The van der Waals surface area contributed by atoms with E-state index in [4.69, 9.17) is 4.74 Å². The number of fused-ring (bicyclic) bond motifs is 1. The fourth-order valence-corrected chi connectivity index (χ4v) is 4.39. The van der Waals surface area contributed by atoms with Crippen molar-refractivity contribution in [3.8, 4) is 0 Å². The molecule has 5 nitrogen and oxygen atoms in total. The Bertz CT molecular complexity index is 741. The van der Waals surface area contributed by atoms with Crippen molar-refractivity contribution < 1.29 is 14.6 Å². The lowest BCUT2D eigenvalue weighted by Gasteiger charge is -2.37. The van der Waals surface area contributed by atoms with Crippen LogP contribution in [-0.4, -0.2) is 66.2 Å². The highest BCUT2D eigenvalue weighted by atomic mass is 16.5. The van der Waals surface area contributed by atoms with Crippen molar-refractivity contribution in [2.75, 3.05) is 39.3 Å². The van der Waals surface area contributed by atoms with Gasteiger partial charge in [-0.05, 0) is 30.5 Å². The quantitative estimate of drug-likeness (QED) is 0.779. The molecule has 2 aromatic rings. The first-order valence-corrected chi connectivity index (χ1v) is 10.1. The molecule has 5 heteroatoms. The minimum Gasteiger partial charge on any atom is -0.462 e. The molecule has 2 aliphatic heterocycles. The van der Waals surface area contributed by atoms with Crippen LogP contribution in [0.3, 0.4) is 0 Å². The maximum Gasteiger partial charge on any atom is 0.347 e. The Morgan fingerprint density at radius 3 is 2.29 bits per heavy atom. The third-order valence-electron chi connectivity index (χ3n) is 5.99. The highest BCUT2D eigenvalue weighted by Gasteiger charge is 2.41. The molecule has 0 radical (unpaired) electrons. The van der Waals surface area contributed by atoms with E-state index in [1.807, 2.05) is 36.4 Å². The van der Waals surface area contributed by atoms with Gasteiger partial charge in [-0.2, -0.15) is 0 Å². The lowest BCUT2D eigenvalue weighted by molar-refractivity contribution is -0.162. The third-order valence-corrected chi connectivity index (χ3v) is 5.99. The first-order chi connectivity index (χ1) is 13.7. The van der Waals surface area contributed by atoms with Crippen molar-refractivity contribution in [1.82, 2.24) is 9.80 Å². The van der Waals surface area contributed by atoms with E-state index in [-0.39, 0.29) is 6.61 Å². The highest BCUT2D eigenvalue weighted by Crippen LogP contribution is 2.31. The number of carbonyl (C=O) groups excluding carboxylic acids is 1. The van der Waals surface area contributed by atoms with Crippen LogP contribution in [0, 0.1) is 0 Å². The van der Waals surface area contributed by atoms with E-state index in [0.29, 0.717) is 23.7 Å². The summed E-state index contributed by atoms with van der Waals surface area (Å²) in [6.07, 6.45) is 2.55. The Kier molecular flexibility index (Phi) is 5.76. The summed E-state index contributed by atoms with van der Waals surface area (Å²) in [4.78, 5) is 17.9. The molecule has 2 aliphatic rings. The van der Waals surface area contributed by atoms with Crippen LogP contribution in [0.15, 0.2) is 60.7 Å². The molecule has 0 spiro atoms. The Balaban J connectivity index is 1.42. The predicted molar refractivity (Wildman–Crippen MR) is 108 cm³/mol. The van der Waals surface area contributed by atoms with E-state index in [1.165, 1.54) is 19.4 Å². The molecule has 0 unspecified atom stereocenters. The van der Waals surface area contributed by atoms with Crippen LogP contribution in [0.2, 0.25) is 0 Å². The number of aliphatic hydroxyl groups is 1. The average molecular weight is 380 g/mol. The summed E-state index contributed by atoms with van der Waals surface area (Å²) in [5.74, 6) is -0.621. The second kappa shape index (κ2) is 8.43. The molecule has 2 saturated heterocycles. The maximum atomic E-state index is 13.0. The van der Waals surface area contributed by atoms with Crippen LogP contribution in [0.25, 0.3) is 0 Å². The first-order valence-electron chi connectivity index (χ1n) is 10.1. The number of benzene rings is 2. The fourth-order valence-electron chi connectivity index (χ4n) is 4.39. The Morgan fingerprint density at radius 2 is 1.64 bits per heavy atom. The summed E-state index contributed by atoms with van der Waals surface area (Å²) in [5.41, 5.74) is -0.760. The smallest absolute Gasteiger partial charge is 0.347 e. The number of rotatable bonds is 6. The molecule has 0 aromatic heterocycles. The van der Waals surface area contributed by atoms with Gasteiger partial charge in [0.05, 0.1) is 0 Å². The molecule has 0 saturated carbocycles. The summed E-state index contributed by atoms with van der Waals surface area (Å²) in [6, 6.07) is 18.7. The van der Waals surface area contributed by atoms with E-state index in [9.17, 15) is 9.90 Å². The van der Waals surface area contributed by atoms with Gasteiger partial charge in [0.1, 0.15) is 6.61 Å². The zero-order valence-electron chi connectivity index (χ0n) is 16.2. The van der Waals surface area contributed by atoms with Crippen LogP contribution in [0.1, 0.15) is 24.0 Å². The van der Waals surface area contributed by atoms with Gasteiger partial charge in [0.25, 0.3) is 0 Å². The third kappa shape index (κ3) is 3.83. The van der Waals surface area contributed by atoms with Crippen LogP contribution < -0.4 is 0 Å². The zero-order valence-corrected chi connectivity index (χ0v) is 16.2. The van der Waals surface area contributed by atoms with Crippen molar-refractivity contribution in [2.24, 2.45) is 0 Å². The maximum absolute atomic E-state index is 13.0. The van der Waals surface area contributed by atoms with Crippen molar-refractivity contribution in [1.29, 1.82) is 0 Å². The SMILES string of the molecule is O=C(OCCN1CCN2CCC[C@@H]2C1)C(O)(c1ccccc1)c1ccccc1. The second-order valence-corrected chi connectivity index (χ2v) is 7.71. The Labute approximate surface area is 166 Å². The van der Waals surface area contributed by atoms with Gasteiger partial charge in [-0.25, -0.2) is 4.79 Å². The van der Waals surface area contributed by atoms with Gasteiger partial charge < -0.3 is 9.84 Å². The summed E-state index contributed by atoms with van der Waals surface area (Å²) < 4.78 is 5.59. The topological polar surface area (TPSA) is 53.0 Å². The molecule has 1 N–H and O–H groups in total. The van der Waals surface area contributed by atoms with Crippen molar-refractivity contribution in [3.05, 3.63) is 71.8 Å². The molecular weight excluding hydrogens is 352 g/mol. The normalized spacial score (nSPS) is 20.7. The molecule has 2 aromatic carbocycles. The van der Waals surface area contributed by atoms with E-state index in [0.717, 1.165) is 19.6 Å². The molecule has 4 rings (SSSR count). The molecule has 0 bridgehead atoms. The number of piperazine rings is 1. The molecular formula is C23H28N2O3. The summed E-state index contributed by atoms with van der Waals surface area (Å²) >= 11 is 0. The minimum absolute atomic E-state index is 0.285. The van der Waals surface area contributed by atoms with Crippen LogP contribution in [0.4, 0.5) is 0 Å². The number of ether oxygens (including phenoxy) is 1. The molecule has 1 atom stereocenters. The van der Waals surface area contributed by atoms with Crippen molar-refractivity contribution in [2.45, 2.75) is 24.5 Å². The molecule has 148 valence electrons. The van der Waals surface area contributed by atoms with Gasteiger partial charge in [0.15, 0.2) is 0 Å². The standard InChI is InChI=1S/C23H28N2O3/c26-22(28-17-16-24-14-15-25-13-7-12-21(25)18-24)23(27,19-8-3-1-4-9-19)20-10-5-2-6-11-20/h1-6,8-11,21,27H,7,12-18H2/t21-/m1/s1. The van der Waals surface area contributed by atoms with Gasteiger partial charge >= 0.3 is 5.97 Å². The fraction of sp³-hybridized carbons (Fsp3) is 0.435. The molecule has 28 heavy (non-hydrogen) atoms. The van der Waals surface area contributed by atoms with Gasteiger partial charge in [-0.3, -0.25) is 9.80 Å². The van der Waals surface area contributed by atoms with Crippen molar-refractivity contribution in [3.63, 3.8) is 0 Å². The molecule has 2 fully saturated rings. The number of hydrogen-bond donors (Lipinski definition) is 1. The first kappa shape index (κ1) is 19.1. The molecule has 2 heterocycles. The Morgan fingerprint density at radius 1 is 1.00 bits per heavy atom.